The number of nitrogens with zero attached hydrogens (tertiary/aromatic N) is 5. The third kappa shape index (κ3) is 6.80. The summed E-state index contributed by atoms with van der Waals surface area (Å²) in [6.45, 7) is 2.96. The van der Waals surface area contributed by atoms with Crippen molar-refractivity contribution in [2.24, 2.45) is 0 Å². The smallest absolute Gasteiger partial charge is 0.249 e. The van der Waals surface area contributed by atoms with Crippen LogP contribution in [0.5, 0.6) is 11.5 Å². The molecule has 35 heavy (non-hydrogen) atoms. The van der Waals surface area contributed by atoms with Crippen LogP contribution < -0.4 is 14.4 Å². The number of carbonyl (C=O) groups excluding carboxylic acids is 2. The Morgan fingerprint density at radius 2 is 1.66 bits per heavy atom. The maximum Gasteiger partial charge on any atom is 0.249 e. The lowest BCUT2D eigenvalue weighted by atomic mass is 10.1. The third-order valence-electron chi connectivity index (χ3n) is 5.80. The van der Waals surface area contributed by atoms with E-state index in [0.717, 1.165) is 17.1 Å². The summed E-state index contributed by atoms with van der Waals surface area (Å²) in [7, 11) is 6.20. The lowest BCUT2D eigenvalue weighted by molar-refractivity contribution is -0.143. The Morgan fingerprint density at radius 3 is 2.26 bits per heavy atom. The Bertz CT molecular complexity index is 979. The molecule has 0 bridgehead atoms. The Labute approximate surface area is 205 Å². The molecule has 0 saturated carbocycles. The number of carbonyl (C=O) groups is 2. The van der Waals surface area contributed by atoms with Gasteiger partial charge in [0, 0.05) is 52.5 Å². The van der Waals surface area contributed by atoms with Crippen LogP contribution in [0.1, 0.15) is 0 Å². The Kier molecular flexibility index (Phi) is 9.62. The van der Waals surface area contributed by atoms with Crippen molar-refractivity contribution in [3.05, 3.63) is 30.3 Å². The van der Waals surface area contributed by atoms with E-state index in [1.807, 2.05) is 30.3 Å². The molecule has 1 aromatic heterocycles. The number of ether oxygens (including phenoxy) is 4. The molecule has 11 heteroatoms. The summed E-state index contributed by atoms with van der Waals surface area (Å²) in [5.74, 6) is 1.69. The predicted molar refractivity (Wildman–Crippen MR) is 130 cm³/mol. The Hall–Kier alpha value is -3.44. The minimum Gasteiger partial charge on any atom is -0.493 e. The number of hydrogen-bond acceptors (Lipinski definition) is 9. The minimum absolute atomic E-state index is 0.00534. The van der Waals surface area contributed by atoms with Crippen molar-refractivity contribution >= 4 is 17.6 Å². The van der Waals surface area contributed by atoms with Gasteiger partial charge in [-0.1, -0.05) is 0 Å². The highest BCUT2D eigenvalue weighted by molar-refractivity contribution is 5.85. The number of methoxy groups -OCH3 is 4. The van der Waals surface area contributed by atoms with E-state index in [1.54, 1.807) is 26.2 Å². The molecular formula is C24H33N5O6. The van der Waals surface area contributed by atoms with Crippen LogP contribution in [0.25, 0.3) is 11.3 Å². The molecule has 1 aliphatic heterocycles. The molecule has 11 nitrogen and oxygen atoms in total. The zero-order valence-electron chi connectivity index (χ0n) is 20.7. The van der Waals surface area contributed by atoms with Gasteiger partial charge in [0.2, 0.25) is 11.8 Å². The lowest BCUT2D eigenvalue weighted by Gasteiger charge is -2.36. The summed E-state index contributed by atoms with van der Waals surface area (Å²) in [4.78, 5) is 30.4. The Morgan fingerprint density at radius 1 is 0.914 bits per heavy atom. The first-order valence-corrected chi connectivity index (χ1v) is 11.3. The van der Waals surface area contributed by atoms with Gasteiger partial charge in [0.25, 0.3) is 0 Å². The molecule has 0 spiro atoms. The summed E-state index contributed by atoms with van der Waals surface area (Å²) in [6.07, 6.45) is 0. The molecule has 0 unspecified atom stereocenters. The molecule has 1 aromatic carbocycles. The second kappa shape index (κ2) is 12.9. The van der Waals surface area contributed by atoms with Gasteiger partial charge in [-0.05, 0) is 30.3 Å². The molecule has 190 valence electrons. The molecule has 1 saturated heterocycles. The van der Waals surface area contributed by atoms with Gasteiger partial charge < -0.3 is 33.6 Å². The van der Waals surface area contributed by atoms with E-state index in [0.29, 0.717) is 50.8 Å². The lowest BCUT2D eigenvalue weighted by Crippen LogP contribution is -2.52. The standard InChI is InChI=1S/C24H33N5O6/c1-32-14-13-29(24(31)17-33-2)16-23(30)28-11-9-27(10-12-28)22-8-6-19(25-26-22)18-5-7-20(34-3)21(15-18)35-4/h5-8,15H,9-14,16-17H2,1-4H3. The molecular weight excluding hydrogens is 454 g/mol. The molecule has 0 N–H and O–H groups in total. The van der Waals surface area contributed by atoms with Gasteiger partial charge in [-0.15, -0.1) is 10.2 Å². The average Bonchev–Trinajstić information content (AvgIpc) is 2.90. The quantitative estimate of drug-likeness (QED) is 0.458. The molecule has 0 radical (unpaired) electrons. The van der Waals surface area contributed by atoms with Gasteiger partial charge in [0.05, 0.1) is 33.1 Å². The van der Waals surface area contributed by atoms with Crippen LogP contribution >= 0.6 is 0 Å². The van der Waals surface area contributed by atoms with E-state index >= 15 is 0 Å². The highest BCUT2D eigenvalue weighted by atomic mass is 16.5. The summed E-state index contributed by atoms with van der Waals surface area (Å²) in [6, 6.07) is 9.44. The first-order chi connectivity index (χ1) is 17.0. The van der Waals surface area contributed by atoms with Crippen LogP contribution in [-0.2, 0) is 19.1 Å². The van der Waals surface area contributed by atoms with Gasteiger partial charge in [0.1, 0.15) is 6.61 Å². The van der Waals surface area contributed by atoms with Gasteiger partial charge >= 0.3 is 0 Å². The first-order valence-electron chi connectivity index (χ1n) is 11.3. The maximum atomic E-state index is 12.8. The summed E-state index contributed by atoms with van der Waals surface area (Å²) >= 11 is 0. The molecule has 0 aliphatic carbocycles. The molecule has 3 rings (SSSR count). The number of amides is 2. The van der Waals surface area contributed by atoms with Crippen LogP contribution in [0.15, 0.2) is 30.3 Å². The summed E-state index contributed by atoms with van der Waals surface area (Å²) < 4.78 is 20.6. The normalized spacial score (nSPS) is 13.5. The number of aromatic nitrogens is 2. The van der Waals surface area contributed by atoms with Crippen LogP contribution in [0, 0.1) is 0 Å². The second-order valence-corrected chi connectivity index (χ2v) is 7.96. The van der Waals surface area contributed by atoms with Gasteiger partial charge in [-0.3, -0.25) is 9.59 Å². The van der Waals surface area contributed by atoms with E-state index in [1.165, 1.54) is 12.0 Å². The number of piperazine rings is 1. The zero-order valence-corrected chi connectivity index (χ0v) is 20.7. The summed E-state index contributed by atoms with van der Waals surface area (Å²) in [5, 5.41) is 8.77. The molecule has 2 amide bonds. The second-order valence-electron chi connectivity index (χ2n) is 7.96. The first kappa shape index (κ1) is 26.2. The van der Waals surface area contributed by atoms with Crippen molar-refractivity contribution in [3.63, 3.8) is 0 Å². The van der Waals surface area contributed by atoms with Crippen molar-refractivity contribution in [1.29, 1.82) is 0 Å². The van der Waals surface area contributed by atoms with Crippen molar-refractivity contribution < 1.29 is 28.5 Å². The number of benzene rings is 1. The van der Waals surface area contributed by atoms with E-state index in [2.05, 4.69) is 15.1 Å². The third-order valence-corrected chi connectivity index (χ3v) is 5.80. The van der Waals surface area contributed by atoms with Crippen LogP contribution in [0.3, 0.4) is 0 Å². The summed E-state index contributed by atoms with van der Waals surface area (Å²) in [5.41, 5.74) is 1.60. The SMILES string of the molecule is COCCN(CC(=O)N1CCN(c2ccc(-c3ccc(OC)c(OC)c3)nn2)CC1)C(=O)COC. The van der Waals surface area contributed by atoms with Crippen molar-refractivity contribution in [1.82, 2.24) is 20.0 Å². The Balaban J connectivity index is 1.57. The highest BCUT2D eigenvalue weighted by Gasteiger charge is 2.25. The number of rotatable bonds is 11. The minimum atomic E-state index is -0.235. The fourth-order valence-electron chi connectivity index (χ4n) is 3.80. The van der Waals surface area contributed by atoms with Crippen molar-refractivity contribution in [2.45, 2.75) is 0 Å². The number of anilines is 1. The van der Waals surface area contributed by atoms with Gasteiger partial charge in [-0.25, -0.2) is 0 Å². The highest BCUT2D eigenvalue weighted by Crippen LogP contribution is 2.31. The van der Waals surface area contributed by atoms with Crippen LogP contribution in [-0.4, -0.2) is 113 Å². The largest absolute Gasteiger partial charge is 0.493 e. The average molecular weight is 488 g/mol. The van der Waals surface area contributed by atoms with Gasteiger partial charge in [-0.2, -0.15) is 0 Å². The fourth-order valence-corrected chi connectivity index (χ4v) is 3.80. The molecule has 2 heterocycles. The predicted octanol–water partition coefficient (Wildman–Crippen LogP) is 0.931. The van der Waals surface area contributed by atoms with E-state index in [-0.39, 0.29) is 25.0 Å². The van der Waals surface area contributed by atoms with E-state index in [9.17, 15) is 9.59 Å². The van der Waals surface area contributed by atoms with E-state index in [4.69, 9.17) is 18.9 Å². The van der Waals surface area contributed by atoms with Crippen molar-refractivity contribution in [3.8, 4) is 22.8 Å². The molecule has 1 fully saturated rings. The van der Waals surface area contributed by atoms with Crippen LogP contribution in [0.4, 0.5) is 5.82 Å². The fraction of sp³-hybridized carbons (Fsp3) is 0.500. The van der Waals surface area contributed by atoms with Gasteiger partial charge in [0.15, 0.2) is 17.3 Å². The van der Waals surface area contributed by atoms with E-state index < -0.39 is 0 Å². The monoisotopic (exact) mass is 487 g/mol. The molecule has 2 aromatic rings. The molecule has 0 atom stereocenters. The van der Waals surface area contributed by atoms with Crippen molar-refractivity contribution in [2.75, 3.05) is 85.8 Å². The topological polar surface area (TPSA) is 107 Å². The maximum absolute atomic E-state index is 12.8. The molecule has 1 aliphatic rings. The van der Waals surface area contributed by atoms with Crippen LogP contribution in [0.2, 0.25) is 0 Å². The zero-order chi connectivity index (χ0) is 25.2. The number of hydrogen-bond donors (Lipinski definition) is 0.